The van der Waals surface area contributed by atoms with Crippen molar-refractivity contribution in [2.24, 2.45) is 0 Å². The summed E-state index contributed by atoms with van der Waals surface area (Å²) in [5, 5.41) is 4.52. The van der Waals surface area contributed by atoms with Crippen molar-refractivity contribution < 1.29 is 14.0 Å². The first kappa shape index (κ1) is 16.8. The average molecular weight is 298 g/mol. The van der Waals surface area contributed by atoms with Crippen molar-refractivity contribution >= 4 is 14.3 Å². The van der Waals surface area contributed by atoms with Crippen LogP contribution in [0, 0.1) is 6.92 Å². The molecule has 0 radical (unpaired) electrons. The van der Waals surface area contributed by atoms with E-state index in [1.165, 1.54) is 7.11 Å². The van der Waals surface area contributed by atoms with E-state index in [2.05, 4.69) is 39.0 Å². The van der Waals surface area contributed by atoms with Crippen LogP contribution in [0.2, 0.25) is 18.1 Å². The van der Waals surface area contributed by atoms with Crippen molar-refractivity contribution in [3.8, 4) is 5.88 Å². The minimum atomic E-state index is -1.92. The first-order valence-electron chi connectivity index (χ1n) is 6.82. The number of ether oxygens (including phenoxy) is 1. The fourth-order valence-electron chi connectivity index (χ4n) is 1.59. The molecule has 0 amide bonds. The summed E-state index contributed by atoms with van der Waals surface area (Å²) in [6.45, 7) is 14.6. The van der Waals surface area contributed by atoms with Gasteiger partial charge in [-0.3, -0.25) is 4.68 Å². The maximum Gasteiger partial charge on any atom is 0.330 e. The Morgan fingerprint density at radius 3 is 2.40 bits per heavy atom. The van der Waals surface area contributed by atoms with Gasteiger partial charge in [0.1, 0.15) is 6.04 Å². The molecule has 0 bridgehead atoms. The quantitative estimate of drug-likeness (QED) is 0.632. The summed E-state index contributed by atoms with van der Waals surface area (Å²) >= 11 is 0. The van der Waals surface area contributed by atoms with E-state index in [9.17, 15) is 4.79 Å². The van der Waals surface area contributed by atoms with Gasteiger partial charge in [0.15, 0.2) is 0 Å². The van der Waals surface area contributed by atoms with E-state index in [0.29, 0.717) is 5.88 Å². The Balaban J connectivity index is 2.99. The summed E-state index contributed by atoms with van der Waals surface area (Å²) < 4.78 is 12.5. The Bertz CT molecular complexity index is 489. The molecule has 1 aromatic heterocycles. The Hall–Kier alpha value is -1.30. The van der Waals surface area contributed by atoms with Crippen LogP contribution < -0.4 is 4.43 Å². The van der Waals surface area contributed by atoms with Crippen molar-refractivity contribution in [3.63, 3.8) is 0 Å². The van der Waals surface area contributed by atoms with Gasteiger partial charge >= 0.3 is 5.97 Å². The molecule has 114 valence electrons. The van der Waals surface area contributed by atoms with Gasteiger partial charge in [-0.1, -0.05) is 20.8 Å². The van der Waals surface area contributed by atoms with Gasteiger partial charge in [0.25, 0.3) is 8.32 Å². The van der Waals surface area contributed by atoms with Crippen LogP contribution in [-0.2, 0) is 9.53 Å². The van der Waals surface area contributed by atoms with E-state index < -0.39 is 14.4 Å². The van der Waals surface area contributed by atoms with Crippen molar-refractivity contribution in [1.29, 1.82) is 0 Å². The molecule has 1 atom stereocenters. The monoisotopic (exact) mass is 298 g/mol. The summed E-state index contributed by atoms with van der Waals surface area (Å²) in [5.74, 6) is 0.278. The number of carbonyl (C=O) groups is 1. The van der Waals surface area contributed by atoms with Gasteiger partial charge in [0, 0.05) is 11.8 Å². The zero-order valence-electron chi connectivity index (χ0n) is 13.8. The maximum atomic E-state index is 11.6. The third-order valence-electron chi connectivity index (χ3n) is 3.98. The number of rotatable bonds is 4. The second kappa shape index (κ2) is 5.59. The fraction of sp³-hybridized carbons (Fsp3) is 0.714. The molecule has 0 fully saturated rings. The molecule has 6 heteroatoms. The van der Waals surface area contributed by atoms with Crippen LogP contribution in [0.25, 0.3) is 0 Å². The molecule has 0 N–H and O–H groups in total. The number of carbonyl (C=O) groups excluding carboxylic acids is 1. The predicted octanol–water partition coefficient (Wildman–Crippen LogP) is 3.31. The third-order valence-corrected chi connectivity index (χ3v) is 8.31. The van der Waals surface area contributed by atoms with Gasteiger partial charge in [-0.2, -0.15) is 0 Å². The van der Waals surface area contributed by atoms with E-state index in [0.717, 1.165) is 5.69 Å². The SMILES string of the molecule is COC(=O)C(C)n1nc(O[Si](C)(C)C(C)(C)C)cc1C. The molecule has 0 spiro atoms. The zero-order valence-corrected chi connectivity index (χ0v) is 14.8. The highest BCUT2D eigenvalue weighted by Gasteiger charge is 2.39. The van der Waals surface area contributed by atoms with Crippen molar-refractivity contribution in [2.75, 3.05) is 7.11 Å². The smallest absolute Gasteiger partial charge is 0.330 e. The lowest BCUT2D eigenvalue weighted by atomic mass is 10.2. The molecule has 0 saturated heterocycles. The second-order valence-electron chi connectivity index (χ2n) is 6.63. The summed E-state index contributed by atoms with van der Waals surface area (Å²) in [5.41, 5.74) is 0.886. The molecule has 1 aromatic rings. The van der Waals surface area contributed by atoms with E-state index in [4.69, 9.17) is 9.16 Å². The van der Waals surface area contributed by atoms with Crippen LogP contribution in [0.1, 0.15) is 39.4 Å². The molecule has 1 heterocycles. The molecular weight excluding hydrogens is 272 g/mol. The van der Waals surface area contributed by atoms with Gasteiger partial charge in [-0.25, -0.2) is 4.79 Å². The highest BCUT2D eigenvalue weighted by Crippen LogP contribution is 2.37. The molecule has 0 saturated carbocycles. The molecule has 1 rings (SSSR count). The number of esters is 1. The van der Waals surface area contributed by atoms with E-state index in [1.54, 1.807) is 11.6 Å². The third kappa shape index (κ3) is 3.42. The number of hydrogen-bond acceptors (Lipinski definition) is 4. The first-order chi connectivity index (χ1) is 8.99. The molecule has 0 aromatic carbocycles. The lowest BCUT2D eigenvalue weighted by molar-refractivity contribution is -0.144. The molecule has 5 nitrogen and oxygen atoms in total. The Labute approximate surface area is 122 Å². The van der Waals surface area contributed by atoms with Gasteiger partial charge in [-0.05, 0) is 32.0 Å². The van der Waals surface area contributed by atoms with Crippen LogP contribution in [0.5, 0.6) is 5.88 Å². The predicted molar refractivity (Wildman–Crippen MR) is 81.5 cm³/mol. The van der Waals surface area contributed by atoms with Crippen LogP contribution in [0.15, 0.2) is 6.07 Å². The number of aryl methyl sites for hydroxylation is 1. The van der Waals surface area contributed by atoms with E-state index in [-0.39, 0.29) is 11.0 Å². The van der Waals surface area contributed by atoms with Gasteiger partial charge in [0.2, 0.25) is 5.88 Å². The number of nitrogens with zero attached hydrogens (tertiary/aromatic N) is 2. The van der Waals surface area contributed by atoms with Gasteiger partial charge in [0.05, 0.1) is 7.11 Å². The molecule has 1 unspecified atom stereocenters. The Kier molecular flexibility index (Phi) is 4.69. The second-order valence-corrected chi connectivity index (χ2v) is 11.4. The first-order valence-corrected chi connectivity index (χ1v) is 9.73. The number of hydrogen-bond donors (Lipinski definition) is 0. The summed E-state index contributed by atoms with van der Waals surface area (Å²) in [6.07, 6.45) is 0. The van der Waals surface area contributed by atoms with Crippen LogP contribution in [0.4, 0.5) is 0 Å². The maximum absolute atomic E-state index is 11.6. The lowest BCUT2D eigenvalue weighted by Gasteiger charge is -2.35. The highest BCUT2D eigenvalue weighted by molar-refractivity contribution is 6.74. The topological polar surface area (TPSA) is 53.4 Å². The minimum Gasteiger partial charge on any atom is -0.530 e. The molecule has 0 aliphatic rings. The van der Waals surface area contributed by atoms with Crippen molar-refractivity contribution in [2.45, 2.75) is 58.8 Å². The highest BCUT2D eigenvalue weighted by atomic mass is 28.4. The summed E-state index contributed by atoms with van der Waals surface area (Å²) in [4.78, 5) is 11.6. The van der Waals surface area contributed by atoms with Crippen molar-refractivity contribution in [3.05, 3.63) is 11.8 Å². The normalized spacial score (nSPS) is 14.0. The largest absolute Gasteiger partial charge is 0.530 e. The number of aromatic nitrogens is 2. The minimum absolute atomic E-state index is 0.110. The standard InChI is InChI=1S/C14H26N2O3Si/c1-10-9-12(19-20(7,8)14(3,4)5)15-16(10)11(2)13(17)18-6/h9,11H,1-8H3. The van der Waals surface area contributed by atoms with E-state index in [1.807, 2.05) is 13.0 Å². The van der Waals surface area contributed by atoms with Crippen LogP contribution in [0.3, 0.4) is 0 Å². The number of methoxy groups -OCH3 is 1. The van der Waals surface area contributed by atoms with Gasteiger partial charge in [-0.15, -0.1) is 5.10 Å². The molecule has 0 aliphatic carbocycles. The summed E-state index contributed by atoms with van der Waals surface area (Å²) in [6, 6.07) is 1.43. The fourth-order valence-corrected chi connectivity index (χ4v) is 2.51. The van der Waals surface area contributed by atoms with Crippen LogP contribution >= 0.6 is 0 Å². The van der Waals surface area contributed by atoms with Crippen LogP contribution in [-0.4, -0.2) is 31.2 Å². The Morgan fingerprint density at radius 2 is 1.95 bits per heavy atom. The van der Waals surface area contributed by atoms with Crippen molar-refractivity contribution in [1.82, 2.24) is 9.78 Å². The molecular formula is C14H26N2O3Si. The van der Waals surface area contributed by atoms with Gasteiger partial charge < -0.3 is 9.16 Å². The zero-order chi connectivity index (χ0) is 15.7. The summed E-state index contributed by atoms with van der Waals surface area (Å²) in [7, 11) is -0.538. The average Bonchev–Trinajstić information content (AvgIpc) is 2.65. The molecule has 0 aliphatic heterocycles. The lowest BCUT2D eigenvalue weighted by Crippen LogP contribution is -2.44. The molecule has 20 heavy (non-hydrogen) atoms. The Morgan fingerprint density at radius 1 is 1.40 bits per heavy atom. The van der Waals surface area contributed by atoms with E-state index >= 15 is 0 Å².